The lowest BCUT2D eigenvalue weighted by atomic mass is 9.48. The van der Waals surface area contributed by atoms with Crippen LogP contribution in [-0.2, 0) is 9.59 Å². The standard InChI is InChI=1S/C26H34N2O3/c1-25-13-11-20-18(7-10-22-26(20,2)14-12-23(29)28-22)19(25)8-9-21(25)24(30)27-16-5-4-6-17(15-16)31-3/h4-6,12,14-15,18-22H,7-11,13H2,1-3H3,(H,27,30)(H,28,29)/t18-,19-,20-,21+,22+,25-,26+/m0/s1. The van der Waals surface area contributed by atoms with E-state index >= 15 is 0 Å². The van der Waals surface area contributed by atoms with E-state index in [0.29, 0.717) is 17.8 Å². The fourth-order valence-electron chi connectivity index (χ4n) is 7.69. The van der Waals surface area contributed by atoms with Crippen molar-refractivity contribution in [3.8, 4) is 5.75 Å². The number of hydrogen-bond acceptors (Lipinski definition) is 3. The van der Waals surface area contributed by atoms with Crippen molar-refractivity contribution in [3.05, 3.63) is 36.4 Å². The summed E-state index contributed by atoms with van der Waals surface area (Å²) in [6.45, 7) is 4.71. The molecule has 5 heteroatoms. The normalized spacial score (nSPS) is 40.9. The zero-order valence-corrected chi connectivity index (χ0v) is 18.8. The second-order valence-electron chi connectivity index (χ2n) is 10.6. The van der Waals surface area contributed by atoms with Crippen LogP contribution in [0.2, 0.25) is 0 Å². The maximum absolute atomic E-state index is 13.4. The van der Waals surface area contributed by atoms with Gasteiger partial charge in [0, 0.05) is 29.1 Å². The molecule has 2 N–H and O–H groups in total. The van der Waals surface area contributed by atoms with Crippen LogP contribution in [0.5, 0.6) is 5.75 Å². The number of anilines is 1. The first-order valence-corrected chi connectivity index (χ1v) is 11.8. The molecule has 1 heterocycles. The van der Waals surface area contributed by atoms with Gasteiger partial charge in [-0.15, -0.1) is 0 Å². The Bertz CT molecular complexity index is 927. The summed E-state index contributed by atoms with van der Waals surface area (Å²) in [6, 6.07) is 7.87. The van der Waals surface area contributed by atoms with Crippen LogP contribution < -0.4 is 15.4 Å². The number of nitrogens with one attached hydrogen (secondary N) is 2. The summed E-state index contributed by atoms with van der Waals surface area (Å²) in [5.41, 5.74) is 0.898. The van der Waals surface area contributed by atoms with Crippen LogP contribution in [0.15, 0.2) is 36.4 Å². The van der Waals surface area contributed by atoms with Gasteiger partial charge in [0.1, 0.15) is 5.75 Å². The van der Waals surface area contributed by atoms with Crippen molar-refractivity contribution in [2.24, 2.45) is 34.5 Å². The van der Waals surface area contributed by atoms with E-state index < -0.39 is 0 Å². The minimum absolute atomic E-state index is 0.0408. The molecule has 0 saturated heterocycles. The summed E-state index contributed by atoms with van der Waals surface area (Å²) in [5, 5.41) is 6.39. The van der Waals surface area contributed by atoms with Crippen LogP contribution in [-0.4, -0.2) is 25.0 Å². The van der Waals surface area contributed by atoms with E-state index in [0.717, 1.165) is 50.0 Å². The van der Waals surface area contributed by atoms with Crippen LogP contribution in [0.1, 0.15) is 52.4 Å². The Balaban J connectivity index is 1.36. The molecular formula is C26H34N2O3. The Morgan fingerprint density at radius 3 is 2.77 bits per heavy atom. The molecule has 1 aromatic rings. The molecule has 7 atom stereocenters. The fraction of sp³-hybridized carbons (Fsp3) is 0.615. The highest BCUT2D eigenvalue weighted by atomic mass is 16.5. The predicted molar refractivity (Wildman–Crippen MR) is 121 cm³/mol. The minimum Gasteiger partial charge on any atom is -0.497 e. The number of fused-ring (bicyclic) bond motifs is 5. The molecule has 166 valence electrons. The van der Waals surface area contributed by atoms with E-state index in [2.05, 4.69) is 30.6 Å². The van der Waals surface area contributed by atoms with Crippen LogP contribution >= 0.6 is 0 Å². The smallest absolute Gasteiger partial charge is 0.243 e. The zero-order chi connectivity index (χ0) is 21.8. The fourth-order valence-corrected chi connectivity index (χ4v) is 7.69. The number of carbonyl (C=O) groups excluding carboxylic acids is 2. The number of carbonyl (C=O) groups is 2. The number of ether oxygens (including phenoxy) is 1. The number of rotatable bonds is 3. The SMILES string of the molecule is COc1cccc(NC(=O)[C@H]2CC[C@H]3[C@@H]4CC[C@H]5NC(=O)C=C[C@]5(C)[C@H]4CC[C@]23C)c1. The molecule has 31 heavy (non-hydrogen) atoms. The molecule has 5 rings (SSSR count). The molecule has 0 spiro atoms. The molecule has 0 radical (unpaired) electrons. The molecule has 3 fully saturated rings. The second kappa shape index (κ2) is 7.39. The Labute approximate surface area is 185 Å². The molecule has 1 aromatic carbocycles. The monoisotopic (exact) mass is 422 g/mol. The molecule has 3 saturated carbocycles. The van der Waals surface area contributed by atoms with Gasteiger partial charge in [-0.3, -0.25) is 9.59 Å². The molecule has 2 amide bonds. The summed E-state index contributed by atoms with van der Waals surface area (Å²) in [7, 11) is 1.64. The van der Waals surface area contributed by atoms with E-state index in [1.165, 1.54) is 0 Å². The van der Waals surface area contributed by atoms with Crippen molar-refractivity contribution >= 4 is 17.5 Å². The van der Waals surface area contributed by atoms with Gasteiger partial charge in [-0.25, -0.2) is 0 Å². The van der Waals surface area contributed by atoms with Gasteiger partial charge in [-0.05, 0) is 79.9 Å². The van der Waals surface area contributed by atoms with E-state index in [1.807, 2.05) is 24.3 Å². The summed E-state index contributed by atoms with van der Waals surface area (Å²) in [6.07, 6.45) is 10.4. The number of methoxy groups -OCH3 is 1. The first-order valence-electron chi connectivity index (χ1n) is 11.8. The minimum atomic E-state index is 0.0408. The first kappa shape index (κ1) is 20.6. The van der Waals surface area contributed by atoms with Gasteiger partial charge in [0.05, 0.1) is 7.11 Å². The van der Waals surface area contributed by atoms with Crippen molar-refractivity contribution in [1.82, 2.24) is 5.32 Å². The molecule has 5 nitrogen and oxygen atoms in total. The summed E-state index contributed by atoms with van der Waals surface area (Å²) >= 11 is 0. The molecule has 0 aromatic heterocycles. The van der Waals surface area contributed by atoms with Crippen LogP contribution in [0, 0.1) is 34.5 Å². The van der Waals surface area contributed by atoms with E-state index in [9.17, 15) is 9.59 Å². The van der Waals surface area contributed by atoms with Crippen LogP contribution in [0.4, 0.5) is 5.69 Å². The highest BCUT2D eigenvalue weighted by Crippen LogP contribution is 2.65. The number of amides is 2. The topological polar surface area (TPSA) is 67.4 Å². The Kier molecular flexibility index (Phi) is 4.91. The van der Waals surface area contributed by atoms with Crippen LogP contribution in [0.25, 0.3) is 0 Å². The second-order valence-corrected chi connectivity index (χ2v) is 10.6. The van der Waals surface area contributed by atoms with Crippen molar-refractivity contribution in [3.63, 3.8) is 0 Å². The van der Waals surface area contributed by atoms with Crippen molar-refractivity contribution in [2.45, 2.75) is 58.4 Å². The lowest BCUT2D eigenvalue weighted by molar-refractivity contribution is -0.129. The van der Waals surface area contributed by atoms with Gasteiger partial charge in [0.2, 0.25) is 11.8 Å². The highest BCUT2D eigenvalue weighted by molar-refractivity contribution is 5.93. The average Bonchev–Trinajstić information content (AvgIpc) is 3.11. The predicted octanol–water partition coefficient (Wildman–Crippen LogP) is 4.55. The van der Waals surface area contributed by atoms with Crippen molar-refractivity contribution in [1.29, 1.82) is 0 Å². The molecule has 3 aliphatic carbocycles. The maximum Gasteiger partial charge on any atom is 0.243 e. The Morgan fingerprint density at radius 1 is 1.13 bits per heavy atom. The van der Waals surface area contributed by atoms with Gasteiger partial charge < -0.3 is 15.4 Å². The largest absolute Gasteiger partial charge is 0.497 e. The van der Waals surface area contributed by atoms with E-state index in [4.69, 9.17) is 4.74 Å². The quantitative estimate of drug-likeness (QED) is 0.751. The van der Waals surface area contributed by atoms with Gasteiger partial charge in [0.25, 0.3) is 0 Å². The van der Waals surface area contributed by atoms with E-state index in [1.54, 1.807) is 13.2 Å². The summed E-state index contributed by atoms with van der Waals surface area (Å²) in [5.74, 6) is 2.81. The van der Waals surface area contributed by atoms with E-state index in [-0.39, 0.29) is 34.6 Å². The lowest BCUT2D eigenvalue weighted by Crippen LogP contribution is -2.59. The summed E-state index contributed by atoms with van der Waals surface area (Å²) in [4.78, 5) is 25.3. The highest BCUT2D eigenvalue weighted by Gasteiger charge is 2.60. The third-order valence-electron chi connectivity index (χ3n) is 9.34. The molecule has 1 aliphatic heterocycles. The third kappa shape index (κ3) is 3.19. The summed E-state index contributed by atoms with van der Waals surface area (Å²) < 4.78 is 5.30. The Hall–Kier alpha value is -2.30. The molecular weight excluding hydrogens is 388 g/mol. The van der Waals surface area contributed by atoms with Gasteiger partial charge in [0.15, 0.2) is 0 Å². The maximum atomic E-state index is 13.4. The first-order chi connectivity index (χ1) is 14.8. The zero-order valence-electron chi connectivity index (χ0n) is 18.8. The molecule has 0 unspecified atom stereocenters. The number of hydrogen-bond donors (Lipinski definition) is 2. The van der Waals surface area contributed by atoms with Gasteiger partial charge in [-0.1, -0.05) is 26.0 Å². The number of benzene rings is 1. The molecule has 4 aliphatic rings. The average molecular weight is 423 g/mol. The van der Waals surface area contributed by atoms with Gasteiger partial charge in [-0.2, -0.15) is 0 Å². The van der Waals surface area contributed by atoms with Crippen LogP contribution in [0.3, 0.4) is 0 Å². The Morgan fingerprint density at radius 2 is 1.97 bits per heavy atom. The molecule has 0 bridgehead atoms. The van der Waals surface area contributed by atoms with Crippen molar-refractivity contribution in [2.75, 3.05) is 12.4 Å². The lowest BCUT2D eigenvalue weighted by Gasteiger charge is -2.58. The third-order valence-corrected chi connectivity index (χ3v) is 9.34. The van der Waals surface area contributed by atoms with Crippen molar-refractivity contribution < 1.29 is 14.3 Å². The van der Waals surface area contributed by atoms with Gasteiger partial charge >= 0.3 is 0 Å².